The lowest BCUT2D eigenvalue weighted by Crippen LogP contribution is -2.35. The SMILES string of the molecule is CNC(=O)c1cc2ccc(N3CCCN(C(C)C)CC3)nc2n2c1nc1ccccc12. The smallest absolute Gasteiger partial charge is 0.254 e. The van der Waals surface area contributed by atoms with Crippen molar-refractivity contribution in [3.8, 4) is 0 Å². The number of hydrogen-bond acceptors (Lipinski definition) is 5. The molecule has 1 amide bonds. The molecule has 1 aliphatic heterocycles. The van der Waals surface area contributed by atoms with Crippen molar-refractivity contribution < 1.29 is 4.79 Å². The van der Waals surface area contributed by atoms with Crippen LogP contribution >= 0.6 is 0 Å². The van der Waals surface area contributed by atoms with E-state index < -0.39 is 0 Å². The third kappa shape index (κ3) is 3.39. The molecular weight excluding hydrogens is 388 g/mol. The van der Waals surface area contributed by atoms with Crippen LogP contribution in [-0.4, -0.2) is 64.4 Å². The van der Waals surface area contributed by atoms with Crippen LogP contribution in [0.4, 0.5) is 5.82 Å². The van der Waals surface area contributed by atoms with E-state index in [1.54, 1.807) is 7.05 Å². The van der Waals surface area contributed by atoms with E-state index >= 15 is 0 Å². The fourth-order valence-electron chi connectivity index (χ4n) is 4.54. The first-order chi connectivity index (χ1) is 15.1. The van der Waals surface area contributed by atoms with Crippen molar-refractivity contribution >= 4 is 39.4 Å². The molecule has 5 rings (SSSR count). The fraction of sp³-hybridized carbons (Fsp3) is 0.375. The maximum atomic E-state index is 12.6. The van der Waals surface area contributed by atoms with E-state index in [2.05, 4.69) is 41.1 Å². The van der Waals surface area contributed by atoms with Crippen LogP contribution in [0.2, 0.25) is 0 Å². The molecule has 0 unspecified atom stereocenters. The Kier molecular flexibility index (Phi) is 4.98. The first kappa shape index (κ1) is 19.8. The summed E-state index contributed by atoms with van der Waals surface area (Å²) in [6.45, 7) is 8.63. The zero-order valence-corrected chi connectivity index (χ0v) is 18.3. The van der Waals surface area contributed by atoms with Gasteiger partial charge < -0.3 is 10.2 Å². The van der Waals surface area contributed by atoms with Crippen molar-refractivity contribution in [1.29, 1.82) is 0 Å². The van der Waals surface area contributed by atoms with Crippen molar-refractivity contribution in [2.75, 3.05) is 38.1 Å². The van der Waals surface area contributed by atoms with E-state index in [4.69, 9.17) is 9.97 Å². The fourth-order valence-corrected chi connectivity index (χ4v) is 4.54. The zero-order valence-electron chi connectivity index (χ0n) is 18.3. The Labute approximate surface area is 181 Å². The summed E-state index contributed by atoms with van der Waals surface area (Å²) in [4.78, 5) is 27.3. The highest BCUT2D eigenvalue weighted by Gasteiger charge is 2.21. The lowest BCUT2D eigenvalue weighted by atomic mass is 10.2. The number of para-hydroxylation sites is 2. The molecule has 0 bridgehead atoms. The van der Waals surface area contributed by atoms with E-state index in [0.29, 0.717) is 17.3 Å². The number of carbonyl (C=O) groups is 1. The van der Waals surface area contributed by atoms with Crippen LogP contribution in [0.25, 0.3) is 27.7 Å². The first-order valence-electron chi connectivity index (χ1n) is 11.0. The second-order valence-corrected chi connectivity index (χ2v) is 8.45. The predicted octanol–water partition coefficient (Wildman–Crippen LogP) is 3.32. The number of carbonyl (C=O) groups excluding carboxylic acids is 1. The predicted molar refractivity (Wildman–Crippen MR) is 125 cm³/mol. The highest BCUT2D eigenvalue weighted by molar-refractivity contribution is 6.05. The maximum Gasteiger partial charge on any atom is 0.254 e. The first-order valence-corrected chi connectivity index (χ1v) is 11.0. The van der Waals surface area contributed by atoms with Gasteiger partial charge in [-0.2, -0.15) is 0 Å². The van der Waals surface area contributed by atoms with Gasteiger partial charge in [0.15, 0.2) is 5.65 Å². The molecule has 7 nitrogen and oxygen atoms in total. The van der Waals surface area contributed by atoms with Gasteiger partial charge in [-0.25, -0.2) is 9.97 Å². The highest BCUT2D eigenvalue weighted by Crippen LogP contribution is 2.27. The van der Waals surface area contributed by atoms with Crippen LogP contribution in [0.5, 0.6) is 0 Å². The monoisotopic (exact) mass is 416 g/mol. The highest BCUT2D eigenvalue weighted by atomic mass is 16.1. The third-order valence-corrected chi connectivity index (χ3v) is 6.26. The van der Waals surface area contributed by atoms with Crippen molar-refractivity contribution in [2.45, 2.75) is 26.3 Å². The number of anilines is 1. The van der Waals surface area contributed by atoms with Gasteiger partial charge in [0.05, 0.1) is 16.6 Å². The van der Waals surface area contributed by atoms with E-state index in [9.17, 15) is 4.79 Å². The second kappa shape index (κ2) is 7.81. The molecular formula is C24H28N6O. The molecule has 160 valence electrons. The number of nitrogens with one attached hydrogen (secondary N) is 1. The Balaban J connectivity index is 1.68. The number of hydrogen-bond donors (Lipinski definition) is 1. The quantitative estimate of drug-likeness (QED) is 0.555. The van der Waals surface area contributed by atoms with Crippen LogP contribution in [0.3, 0.4) is 0 Å². The number of aromatic nitrogens is 3. The number of nitrogens with zero attached hydrogens (tertiary/aromatic N) is 5. The molecule has 4 aromatic rings. The molecule has 1 fully saturated rings. The van der Waals surface area contributed by atoms with Gasteiger partial charge in [-0.3, -0.25) is 14.1 Å². The van der Waals surface area contributed by atoms with Crippen molar-refractivity contribution in [2.24, 2.45) is 0 Å². The minimum atomic E-state index is -0.146. The van der Waals surface area contributed by atoms with E-state index in [1.165, 1.54) is 0 Å². The van der Waals surface area contributed by atoms with Gasteiger partial charge in [-0.1, -0.05) is 12.1 Å². The average Bonchev–Trinajstić information content (AvgIpc) is 2.99. The van der Waals surface area contributed by atoms with Crippen molar-refractivity contribution in [1.82, 2.24) is 24.6 Å². The summed E-state index contributed by atoms with van der Waals surface area (Å²) in [6, 6.07) is 14.6. The van der Waals surface area contributed by atoms with Crippen LogP contribution < -0.4 is 10.2 Å². The van der Waals surface area contributed by atoms with Gasteiger partial charge in [-0.05, 0) is 50.6 Å². The number of fused-ring (bicyclic) bond motifs is 5. The summed E-state index contributed by atoms with van der Waals surface area (Å²) in [5, 5.41) is 3.67. The molecule has 0 saturated carbocycles. The molecule has 0 spiro atoms. The lowest BCUT2D eigenvalue weighted by Gasteiger charge is -2.25. The standard InChI is InChI=1S/C24H28N6O/c1-16(2)28-11-6-12-29(14-13-28)21-10-9-17-15-18(24(31)25-3)23-26-19-7-4-5-8-20(19)30(23)22(17)27-21/h4-5,7-10,15-16H,6,11-14H2,1-3H3,(H,25,31). The molecule has 0 atom stereocenters. The Hall–Kier alpha value is -3.19. The number of rotatable bonds is 3. The van der Waals surface area contributed by atoms with Crippen LogP contribution in [0.1, 0.15) is 30.6 Å². The number of pyridine rings is 2. The van der Waals surface area contributed by atoms with Gasteiger partial charge in [0.2, 0.25) is 0 Å². The molecule has 1 aromatic carbocycles. The van der Waals surface area contributed by atoms with Gasteiger partial charge >= 0.3 is 0 Å². The molecule has 1 N–H and O–H groups in total. The van der Waals surface area contributed by atoms with Gasteiger partial charge in [0.1, 0.15) is 11.5 Å². The van der Waals surface area contributed by atoms with Gasteiger partial charge in [0, 0.05) is 44.7 Å². The summed E-state index contributed by atoms with van der Waals surface area (Å²) in [5.41, 5.74) is 3.84. The minimum Gasteiger partial charge on any atom is -0.355 e. The van der Waals surface area contributed by atoms with Crippen LogP contribution in [0, 0.1) is 0 Å². The normalized spacial score (nSPS) is 15.8. The molecule has 0 aliphatic carbocycles. The molecule has 0 radical (unpaired) electrons. The van der Waals surface area contributed by atoms with E-state index in [-0.39, 0.29) is 5.91 Å². The maximum absolute atomic E-state index is 12.6. The Morgan fingerprint density at radius 1 is 1.00 bits per heavy atom. The summed E-state index contributed by atoms with van der Waals surface area (Å²) < 4.78 is 2.02. The average molecular weight is 417 g/mol. The Morgan fingerprint density at radius 2 is 1.84 bits per heavy atom. The van der Waals surface area contributed by atoms with Gasteiger partial charge in [0.25, 0.3) is 5.91 Å². The Morgan fingerprint density at radius 3 is 2.65 bits per heavy atom. The molecule has 31 heavy (non-hydrogen) atoms. The summed E-state index contributed by atoms with van der Waals surface area (Å²) in [7, 11) is 1.65. The number of imidazole rings is 1. The number of amides is 1. The minimum absolute atomic E-state index is 0.146. The molecule has 4 heterocycles. The topological polar surface area (TPSA) is 65.8 Å². The molecule has 7 heteroatoms. The summed E-state index contributed by atoms with van der Waals surface area (Å²) in [5.74, 6) is 0.831. The second-order valence-electron chi connectivity index (χ2n) is 8.45. The van der Waals surface area contributed by atoms with Crippen LogP contribution in [-0.2, 0) is 0 Å². The molecule has 1 aliphatic rings. The molecule has 3 aromatic heterocycles. The van der Waals surface area contributed by atoms with Crippen molar-refractivity contribution in [3.63, 3.8) is 0 Å². The van der Waals surface area contributed by atoms with Crippen LogP contribution in [0.15, 0.2) is 42.5 Å². The van der Waals surface area contributed by atoms with Gasteiger partial charge in [-0.15, -0.1) is 0 Å². The third-order valence-electron chi connectivity index (χ3n) is 6.26. The summed E-state index contributed by atoms with van der Waals surface area (Å²) >= 11 is 0. The van der Waals surface area contributed by atoms with E-state index in [1.807, 2.05) is 34.7 Å². The largest absolute Gasteiger partial charge is 0.355 e. The zero-order chi connectivity index (χ0) is 21.5. The lowest BCUT2D eigenvalue weighted by molar-refractivity contribution is 0.0964. The summed E-state index contributed by atoms with van der Waals surface area (Å²) in [6.07, 6.45) is 1.12. The number of benzene rings is 1. The van der Waals surface area contributed by atoms with E-state index in [0.717, 1.165) is 60.5 Å². The Bertz CT molecular complexity index is 1280. The molecule has 1 saturated heterocycles. The van der Waals surface area contributed by atoms with Crippen molar-refractivity contribution in [3.05, 3.63) is 48.0 Å².